The Balaban J connectivity index is 3.92. The van der Waals surface area contributed by atoms with E-state index in [0.717, 1.165) is 0 Å². The molecule has 0 unspecified atom stereocenters. The number of nitrogens with one attached hydrogen (secondary N) is 1. The van der Waals surface area contributed by atoms with Crippen molar-refractivity contribution in [3.05, 3.63) is 0 Å². The van der Waals surface area contributed by atoms with E-state index in [1.165, 1.54) is 0 Å². The first-order chi connectivity index (χ1) is 5.10. The number of carbonyl (C=O) groups is 1. The van der Waals surface area contributed by atoms with Crippen LogP contribution >= 0.6 is 0 Å². The smallest absolute Gasteiger partial charge is 0.382 e. The van der Waals surface area contributed by atoms with Gasteiger partial charge in [-0.1, -0.05) is 19.6 Å². The fourth-order valence-corrected chi connectivity index (χ4v) is 1.57. The van der Waals surface area contributed by atoms with Crippen molar-refractivity contribution in [2.24, 2.45) is 0 Å². The van der Waals surface area contributed by atoms with Crippen molar-refractivity contribution in [1.82, 2.24) is 4.98 Å². The molecule has 0 fully saturated rings. The van der Waals surface area contributed by atoms with E-state index in [1.807, 2.05) is 0 Å². The van der Waals surface area contributed by atoms with Gasteiger partial charge in [-0.3, -0.25) is 4.79 Å². The zero-order valence-electron chi connectivity index (χ0n) is 7.25. The Bertz CT molecular complexity index is 155. The molecule has 0 aromatic carbocycles. The molecule has 0 bridgehead atoms. The molecule has 0 aromatic heterocycles. The minimum atomic E-state index is -4.40. The van der Waals surface area contributed by atoms with E-state index < -0.39 is 26.7 Å². The van der Waals surface area contributed by atoms with E-state index in [0.29, 0.717) is 0 Å². The van der Waals surface area contributed by atoms with E-state index in [-0.39, 0.29) is 0 Å². The standard InChI is InChI=1S/C6H12F3NOSi/c1-12(2,3)10-5(11)4-6(7,8)9/h4H2,1-3H3,(H,10,11). The van der Waals surface area contributed by atoms with Crippen LogP contribution in [0.3, 0.4) is 0 Å². The second-order valence-corrected chi connectivity index (χ2v) is 8.34. The first kappa shape index (κ1) is 11.5. The Morgan fingerprint density at radius 1 is 1.33 bits per heavy atom. The van der Waals surface area contributed by atoms with E-state index in [4.69, 9.17) is 0 Å². The van der Waals surface area contributed by atoms with Crippen molar-refractivity contribution in [2.45, 2.75) is 32.2 Å². The molecule has 1 N–H and O–H groups in total. The lowest BCUT2D eigenvalue weighted by Crippen LogP contribution is -2.46. The van der Waals surface area contributed by atoms with Crippen LogP contribution in [-0.2, 0) is 4.79 Å². The number of amides is 1. The molecular formula is C6H12F3NOSi. The van der Waals surface area contributed by atoms with Crippen LogP contribution < -0.4 is 4.98 Å². The molecule has 72 valence electrons. The quantitative estimate of drug-likeness (QED) is 0.676. The van der Waals surface area contributed by atoms with Gasteiger partial charge in [0.25, 0.3) is 0 Å². The van der Waals surface area contributed by atoms with Crippen molar-refractivity contribution in [2.75, 3.05) is 0 Å². The number of carbonyl (C=O) groups excluding carboxylic acids is 1. The molecule has 0 aliphatic heterocycles. The van der Waals surface area contributed by atoms with Gasteiger partial charge in [0.2, 0.25) is 5.91 Å². The molecule has 2 nitrogen and oxygen atoms in total. The highest BCUT2D eigenvalue weighted by atomic mass is 28.3. The minimum absolute atomic E-state index is 0.929. The second-order valence-electron chi connectivity index (χ2n) is 3.59. The molecule has 0 rings (SSSR count). The Kier molecular flexibility index (Phi) is 3.31. The summed E-state index contributed by atoms with van der Waals surface area (Å²) >= 11 is 0. The zero-order valence-corrected chi connectivity index (χ0v) is 8.25. The second kappa shape index (κ2) is 3.47. The lowest BCUT2D eigenvalue weighted by molar-refractivity contribution is -0.152. The number of hydrogen-bond acceptors (Lipinski definition) is 1. The largest absolute Gasteiger partial charge is 0.397 e. The van der Waals surface area contributed by atoms with Gasteiger partial charge in [0.1, 0.15) is 14.7 Å². The maximum atomic E-state index is 11.6. The van der Waals surface area contributed by atoms with Crippen molar-refractivity contribution in [1.29, 1.82) is 0 Å². The Labute approximate surface area is 70.2 Å². The maximum absolute atomic E-state index is 11.6. The van der Waals surface area contributed by atoms with Gasteiger partial charge < -0.3 is 4.98 Å². The molecule has 0 saturated heterocycles. The minimum Gasteiger partial charge on any atom is -0.382 e. The molecule has 0 aliphatic carbocycles. The molecule has 0 atom stereocenters. The highest BCUT2D eigenvalue weighted by Gasteiger charge is 2.32. The predicted octanol–water partition coefficient (Wildman–Crippen LogP) is 1.89. The molecule has 0 heterocycles. The van der Waals surface area contributed by atoms with Crippen LogP contribution in [0.2, 0.25) is 19.6 Å². The summed E-state index contributed by atoms with van der Waals surface area (Å²) < 4.78 is 34.9. The average Bonchev–Trinajstić information content (AvgIpc) is 1.49. The lowest BCUT2D eigenvalue weighted by Gasteiger charge is -2.18. The van der Waals surface area contributed by atoms with E-state index >= 15 is 0 Å². The number of hydrogen-bond donors (Lipinski definition) is 1. The summed E-state index contributed by atoms with van der Waals surface area (Å²) in [6, 6.07) is 0. The van der Waals surface area contributed by atoms with E-state index in [1.54, 1.807) is 19.6 Å². The molecule has 0 aromatic rings. The van der Waals surface area contributed by atoms with Crippen LogP contribution in [0, 0.1) is 0 Å². The molecule has 0 radical (unpaired) electrons. The fraction of sp³-hybridized carbons (Fsp3) is 0.833. The van der Waals surface area contributed by atoms with Gasteiger partial charge in [-0.05, 0) is 0 Å². The maximum Gasteiger partial charge on any atom is 0.397 e. The third-order valence-electron chi connectivity index (χ3n) is 0.875. The van der Waals surface area contributed by atoms with Crippen LogP contribution in [0.1, 0.15) is 6.42 Å². The Hall–Kier alpha value is -0.523. The summed E-state index contributed by atoms with van der Waals surface area (Å²) in [6.07, 6.45) is -5.78. The van der Waals surface area contributed by atoms with Crippen LogP contribution in [0.15, 0.2) is 0 Å². The number of halogens is 3. The highest BCUT2D eigenvalue weighted by molar-refractivity contribution is 6.75. The van der Waals surface area contributed by atoms with Crippen LogP contribution in [0.25, 0.3) is 0 Å². The molecule has 12 heavy (non-hydrogen) atoms. The normalized spacial score (nSPS) is 12.8. The number of alkyl halides is 3. The van der Waals surface area contributed by atoms with Crippen LogP contribution in [0.5, 0.6) is 0 Å². The van der Waals surface area contributed by atoms with Gasteiger partial charge in [-0.15, -0.1) is 0 Å². The molecule has 6 heteroatoms. The van der Waals surface area contributed by atoms with Crippen molar-refractivity contribution in [3.8, 4) is 0 Å². The monoisotopic (exact) mass is 199 g/mol. The number of rotatable bonds is 2. The van der Waals surface area contributed by atoms with Gasteiger partial charge in [0, 0.05) is 0 Å². The van der Waals surface area contributed by atoms with Gasteiger partial charge in [-0.2, -0.15) is 13.2 Å². The van der Waals surface area contributed by atoms with Crippen molar-refractivity contribution >= 4 is 14.1 Å². The van der Waals surface area contributed by atoms with Crippen LogP contribution in [0.4, 0.5) is 13.2 Å². The molecule has 0 spiro atoms. The van der Waals surface area contributed by atoms with Crippen molar-refractivity contribution < 1.29 is 18.0 Å². The first-order valence-corrected chi connectivity index (χ1v) is 6.98. The summed E-state index contributed by atoms with van der Waals surface area (Å²) in [5, 5.41) is 0. The van der Waals surface area contributed by atoms with E-state index in [9.17, 15) is 18.0 Å². The lowest BCUT2D eigenvalue weighted by atomic mass is 10.4. The van der Waals surface area contributed by atoms with Crippen LogP contribution in [-0.4, -0.2) is 20.3 Å². The Morgan fingerprint density at radius 2 is 1.75 bits per heavy atom. The van der Waals surface area contributed by atoms with Gasteiger partial charge in [0.15, 0.2) is 0 Å². The summed E-state index contributed by atoms with van der Waals surface area (Å²) in [4.78, 5) is 13.0. The summed E-state index contributed by atoms with van der Waals surface area (Å²) in [6.45, 7) is 5.30. The summed E-state index contributed by atoms with van der Waals surface area (Å²) in [7, 11) is -1.92. The SMILES string of the molecule is C[Si](C)(C)NC(=O)CC(F)(F)F. The first-order valence-electron chi connectivity index (χ1n) is 3.48. The molecule has 0 aliphatic rings. The zero-order chi connectivity index (χ0) is 9.99. The van der Waals surface area contributed by atoms with Gasteiger partial charge in [0.05, 0.1) is 0 Å². The highest BCUT2D eigenvalue weighted by Crippen LogP contribution is 2.19. The predicted molar refractivity (Wildman–Crippen MR) is 42.2 cm³/mol. The fourth-order valence-electron chi connectivity index (χ4n) is 0.645. The van der Waals surface area contributed by atoms with Gasteiger partial charge in [-0.25, -0.2) is 0 Å². The Morgan fingerprint density at radius 3 is 2.00 bits per heavy atom. The summed E-state index contributed by atoms with van der Waals surface area (Å²) in [5.74, 6) is -0.929. The topological polar surface area (TPSA) is 29.1 Å². The third kappa shape index (κ3) is 7.58. The molecule has 1 amide bonds. The van der Waals surface area contributed by atoms with Crippen molar-refractivity contribution in [3.63, 3.8) is 0 Å². The van der Waals surface area contributed by atoms with Gasteiger partial charge >= 0.3 is 6.18 Å². The third-order valence-corrected chi connectivity index (χ3v) is 1.90. The van der Waals surface area contributed by atoms with E-state index in [2.05, 4.69) is 4.98 Å². The molecule has 0 saturated carbocycles. The summed E-state index contributed by atoms with van der Waals surface area (Å²) in [5.41, 5.74) is 0. The average molecular weight is 199 g/mol. The molecular weight excluding hydrogens is 187 g/mol.